The van der Waals surface area contributed by atoms with Crippen LogP contribution in [0.5, 0.6) is 0 Å². The van der Waals surface area contributed by atoms with Crippen molar-refractivity contribution in [2.45, 2.75) is 59.9 Å². The Morgan fingerprint density at radius 2 is 1.61 bits per heavy atom. The summed E-state index contributed by atoms with van der Waals surface area (Å²) < 4.78 is 0. The van der Waals surface area contributed by atoms with E-state index in [2.05, 4.69) is 37.9 Å². The zero-order valence-corrected chi connectivity index (χ0v) is 22.0. The first kappa shape index (κ1) is 27.0. The summed E-state index contributed by atoms with van der Waals surface area (Å²) in [5.41, 5.74) is 5.40. The highest BCUT2D eigenvalue weighted by molar-refractivity contribution is 5.99. The number of carbonyl (C=O) groups excluding carboxylic acids is 1. The second-order valence-electron chi connectivity index (χ2n) is 9.81. The molecule has 5 heteroatoms. The van der Waals surface area contributed by atoms with E-state index in [1.165, 1.54) is 0 Å². The summed E-state index contributed by atoms with van der Waals surface area (Å²) in [4.78, 5) is 27.4. The van der Waals surface area contributed by atoms with Gasteiger partial charge in [-0.25, -0.2) is 4.79 Å². The van der Waals surface area contributed by atoms with Crippen molar-refractivity contribution < 1.29 is 14.7 Å². The molecule has 190 valence electrons. The van der Waals surface area contributed by atoms with Crippen LogP contribution in [-0.4, -0.2) is 29.6 Å². The summed E-state index contributed by atoms with van der Waals surface area (Å²) in [7, 11) is 0. The lowest BCUT2D eigenvalue weighted by Crippen LogP contribution is -2.38. The molecule has 0 heterocycles. The maximum Gasteiger partial charge on any atom is 0.336 e. The van der Waals surface area contributed by atoms with Crippen LogP contribution in [0.1, 0.15) is 62.0 Å². The fraction of sp³-hybridized carbons (Fsp3) is 0.355. The highest BCUT2D eigenvalue weighted by Crippen LogP contribution is 2.35. The van der Waals surface area contributed by atoms with E-state index < -0.39 is 5.97 Å². The van der Waals surface area contributed by atoms with Gasteiger partial charge in [-0.15, -0.1) is 0 Å². The summed E-state index contributed by atoms with van der Waals surface area (Å²) in [6.45, 7) is 11.7. The number of aromatic carboxylic acids is 1. The Morgan fingerprint density at radius 1 is 0.944 bits per heavy atom. The van der Waals surface area contributed by atoms with Crippen molar-refractivity contribution >= 4 is 23.3 Å². The molecule has 3 aromatic carbocycles. The van der Waals surface area contributed by atoms with Crippen molar-refractivity contribution in [3.8, 4) is 11.1 Å². The predicted molar refractivity (Wildman–Crippen MR) is 149 cm³/mol. The van der Waals surface area contributed by atoms with Gasteiger partial charge in [-0.05, 0) is 60.6 Å². The molecule has 2 N–H and O–H groups in total. The minimum Gasteiger partial charge on any atom is -0.478 e. The molecule has 0 saturated carbocycles. The van der Waals surface area contributed by atoms with Crippen molar-refractivity contribution in [2.24, 2.45) is 5.92 Å². The van der Waals surface area contributed by atoms with E-state index in [1.54, 1.807) is 12.1 Å². The van der Waals surface area contributed by atoms with E-state index in [9.17, 15) is 14.7 Å². The van der Waals surface area contributed by atoms with E-state index in [0.29, 0.717) is 23.2 Å². The average molecular weight is 487 g/mol. The Balaban J connectivity index is 2.07. The number of aryl methyl sites for hydroxylation is 1. The molecule has 0 radical (unpaired) electrons. The van der Waals surface area contributed by atoms with Crippen LogP contribution in [0, 0.1) is 12.8 Å². The van der Waals surface area contributed by atoms with Crippen LogP contribution in [0.25, 0.3) is 11.1 Å². The smallest absolute Gasteiger partial charge is 0.336 e. The standard InChI is InChI=1S/C31H38N2O3/c1-6-25(7-2)33(20-21(3)4)29-17-16-24(26-10-8-9-11-27(26)31(35)36)19-28(29)32-30(34)18-23-14-12-22(5)13-15-23/h8-17,19,21,25H,6-7,18,20H2,1-5H3,(H,32,34)(H,35,36). The molecule has 0 aliphatic carbocycles. The first-order valence-corrected chi connectivity index (χ1v) is 12.8. The lowest BCUT2D eigenvalue weighted by atomic mass is 9.97. The van der Waals surface area contributed by atoms with E-state index in [4.69, 9.17) is 0 Å². The Bertz CT molecular complexity index is 1180. The molecule has 0 saturated heterocycles. The van der Waals surface area contributed by atoms with Crippen LogP contribution in [0.2, 0.25) is 0 Å². The molecule has 0 aliphatic heterocycles. The molecule has 3 aromatic rings. The molecule has 1 amide bonds. The number of carboxylic acid groups (broad SMARTS) is 1. The van der Waals surface area contributed by atoms with E-state index in [-0.39, 0.29) is 17.9 Å². The van der Waals surface area contributed by atoms with Gasteiger partial charge in [0, 0.05) is 12.6 Å². The van der Waals surface area contributed by atoms with Crippen molar-refractivity contribution in [1.82, 2.24) is 0 Å². The zero-order valence-electron chi connectivity index (χ0n) is 22.0. The van der Waals surface area contributed by atoms with Crippen LogP contribution >= 0.6 is 0 Å². The second-order valence-corrected chi connectivity index (χ2v) is 9.81. The summed E-state index contributed by atoms with van der Waals surface area (Å²) in [6, 6.07) is 21.2. The normalized spacial score (nSPS) is 11.1. The molecule has 0 fully saturated rings. The number of carbonyl (C=O) groups is 2. The van der Waals surface area contributed by atoms with Crippen LogP contribution in [0.4, 0.5) is 11.4 Å². The molecule has 0 unspecified atom stereocenters. The number of hydrogen-bond donors (Lipinski definition) is 2. The third kappa shape index (κ3) is 6.75. The molecule has 0 aliphatic rings. The van der Waals surface area contributed by atoms with Gasteiger partial charge in [-0.2, -0.15) is 0 Å². The topological polar surface area (TPSA) is 69.6 Å². The van der Waals surface area contributed by atoms with Gasteiger partial charge in [0.15, 0.2) is 0 Å². The van der Waals surface area contributed by atoms with E-state index in [0.717, 1.165) is 41.8 Å². The lowest BCUT2D eigenvalue weighted by molar-refractivity contribution is -0.115. The zero-order chi connectivity index (χ0) is 26.2. The average Bonchev–Trinajstić information content (AvgIpc) is 2.85. The van der Waals surface area contributed by atoms with Gasteiger partial charge in [0.2, 0.25) is 5.91 Å². The molecule has 3 rings (SSSR count). The van der Waals surface area contributed by atoms with Gasteiger partial charge in [0.1, 0.15) is 0 Å². The fourth-order valence-electron chi connectivity index (χ4n) is 4.63. The van der Waals surface area contributed by atoms with Gasteiger partial charge in [-0.3, -0.25) is 4.79 Å². The molecule has 36 heavy (non-hydrogen) atoms. The van der Waals surface area contributed by atoms with Gasteiger partial charge >= 0.3 is 5.97 Å². The van der Waals surface area contributed by atoms with Crippen molar-refractivity contribution in [2.75, 3.05) is 16.8 Å². The summed E-state index contributed by atoms with van der Waals surface area (Å²) in [5, 5.41) is 12.9. The van der Waals surface area contributed by atoms with E-state index in [1.807, 2.05) is 61.5 Å². The number of rotatable bonds is 11. The number of amides is 1. The number of nitrogens with one attached hydrogen (secondary N) is 1. The Labute approximate surface area is 215 Å². The number of anilines is 2. The van der Waals surface area contributed by atoms with E-state index >= 15 is 0 Å². The van der Waals surface area contributed by atoms with Crippen LogP contribution in [0.3, 0.4) is 0 Å². The first-order valence-electron chi connectivity index (χ1n) is 12.8. The summed E-state index contributed by atoms with van der Waals surface area (Å²) in [6.07, 6.45) is 2.25. The SMILES string of the molecule is CCC(CC)N(CC(C)C)c1ccc(-c2ccccc2C(=O)O)cc1NC(=O)Cc1ccc(C)cc1. The maximum atomic E-state index is 13.2. The van der Waals surface area contributed by atoms with Gasteiger partial charge in [-0.1, -0.05) is 81.8 Å². The van der Waals surface area contributed by atoms with Crippen molar-refractivity contribution in [1.29, 1.82) is 0 Å². The van der Waals surface area contributed by atoms with Gasteiger partial charge in [0.25, 0.3) is 0 Å². The fourth-order valence-corrected chi connectivity index (χ4v) is 4.63. The van der Waals surface area contributed by atoms with Gasteiger partial charge < -0.3 is 15.3 Å². The lowest BCUT2D eigenvalue weighted by Gasteiger charge is -2.36. The molecule has 0 spiro atoms. The van der Waals surface area contributed by atoms with Gasteiger partial charge in [0.05, 0.1) is 23.4 Å². The monoisotopic (exact) mass is 486 g/mol. The summed E-state index contributed by atoms with van der Waals surface area (Å²) in [5.74, 6) is -0.634. The minimum atomic E-state index is -0.974. The summed E-state index contributed by atoms with van der Waals surface area (Å²) >= 11 is 0. The Kier molecular flexibility index (Phi) is 9.29. The molecular formula is C31H38N2O3. The number of carboxylic acids is 1. The largest absolute Gasteiger partial charge is 0.478 e. The number of hydrogen-bond acceptors (Lipinski definition) is 3. The third-order valence-corrected chi connectivity index (χ3v) is 6.48. The third-order valence-electron chi connectivity index (χ3n) is 6.48. The molecule has 0 bridgehead atoms. The number of nitrogens with zero attached hydrogens (tertiary/aromatic N) is 1. The van der Waals surface area contributed by atoms with Crippen molar-refractivity contribution in [3.05, 3.63) is 83.4 Å². The van der Waals surface area contributed by atoms with Crippen LogP contribution in [0.15, 0.2) is 66.7 Å². The van der Waals surface area contributed by atoms with Crippen molar-refractivity contribution in [3.63, 3.8) is 0 Å². The predicted octanol–water partition coefficient (Wildman–Crippen LogP) is 7.19. The Hall–Kier alpha value is -3.60. The second kappa shape index (κ2) is 12.4. The molecule has 0 atom stereocenters. The molecule has 5 nitrogen and oxygen atoms in total. The highest BCUT2D eigenvalue weighted by atomic mass is 16.4. The number of benzene rings is 3. The quantitative estimate of drug-likeness (QED) is 0.301. The highest BCUT2D eigenvalue weighted by Gasteiger charge is 2.22. The minimum absolute atomic E-state index is 0.0992. The molecular weight excluding hydrogens is 448 g/mol. The Morgan fingerprint density at radius 3 is 2.22 bits per heavy atom. The molecule has 0 aromatic heterocycles. The van der Waals surface area contributed by atoms with Crippen LogP contribution < -0.4 is 10.2 Å². The van der Waals surface area contributed by atoms with Crippen LogP contribution in [-0.2, 0) is 11.2 Å². The first-order chi connectivity index (χ1) is 17.2. The maximum absolute atomic E-state index is 13.2.